The molecule has 0 saturated heterocycles. The van der Waals surface area contributed by atoms with Crippen molar-refractivity contribution in [2.75, 3.05) is 7.05 Å². The van der Waals surface area contributed by atoms with E-state index in [0.717, 1.165) is 0 Å². The van der Waals surface area contributed by atoms with Gasteiger partial charge in [-0.25, -0.2) is 0 Å². The average Bonchev–Trinajstić information content (AvgIpc) is 1.62. The lowest BCUT2D eigenvalue weighted by molar-refractivity contribution is 0.808. The summed E-state index contributed by atoms with van der Waals surface area (Å²) >= 11 is 11.6. The van der Waals surface area contributed by atoms with E-state index in [0.29, 0.717) is 0 Å². The summed E-state index contributed by atoms with van der Waals surface area (Å²) in [5, 5.41) is 0. The second-order valence-electron chi connectivity index (χ2n) is 3.06. The van der Waals surface area contributed by atoms with E-state index in [1.165, 1.54) is 0 Å². The third-order valence-corrected chi connectivity index (χ3v) is 9.89. The molecule has 0 aliphatic rings. The molecule has 0 radical (unpaired) electrons. The highest BCUT2D eigenvalue weighted by molar-refractivity contribution is 7.34. The smallest absolute Gasteiger partial charge is 0.303 e. The molecule has 9 heavy (non-hydrogen) atoms. The maximum atomic E-state index is 5.78. The summed E-state index contributed by atoms with van der Waals surface area (Å²) in [7, 11) is -0.726. The standard InChI is InChI=1S/C4H13Cl2NSi2/c1-7(8(5)6)9(2,3)4/h8H,1-4H3. The fraction of sp³-hybridized carbons (Fsp3) is 1.00. The second-order valence-corrected chi connectivity index (χ2v) is 13.1. The molecule has 0 unspecified atom stereocenters. The van der Waals surface area contributed by atoms with Gasteiger partial charge >= 0.3 is 7.58 Å². The van der Waals surface area contributed by atoms with Crippen LogP contribution in [-0.4, -0.2) is 27.1 Å². The Balaban J connectivity index is 3.88. The number of nitrogens with zero attached hydrogens (tertiary/aromatic N) is 1. The lowest BCUT2D eigenvalue weighted by Crippen LogP contribution is -2.47. The van der Waals surface area contributed by atoms with Gasteiger partial charge in [-0.15, -0.1) is 22.2 Å². The van der Waals surface area contributed by atoms with Crippen molar-refractivity contribution in [3.05, 3.63) is 0 Å². The summed E-state index contributed by atoms with van der Waals surface area (Å²) in [4.78, 5) is 0. The molecule has 0 aliphatic heterocycles. The average molecular weight is 202 g/mol. The van der Waals surface area contributed by atoms with E-state index in [4.69, 9.17) is 22.2 Å². The predicted octanol–water partition coefficient (Wildman–Crippen LogP) is 1.95. The molecule has 0 fully saturated rings. The maximum Gasteiger partial charge on any atom is 0.303 e. The first-order valence-corrected chi connectivity index (χ1v) is 10.3. The molecule has 0 heterocycles. The summed E-state index contributed by atoms with van der Waals surface area (Å²) in [6.45, 7) is 6.70. The fourth-order valence-electron chi connectivity index (χ4n) is 0.293. The van der Waals surface area contributed by atoms with E-state index < -0.39 is 15.8 Å². The molecule has 0 aliphatic carbocycles. The van der Waals surface area contributed by atoms with Crippen LogP contribution in [0, 0.1) is 0 Å². The zero-order chi connectivity index (χ0) is 7.65. The van der Waals surface area contributed by atoms with E-state index in [-0.39, 0.29) is 0 Å². The van der Waals surface area contributed by atoms with Crippen LogP contribution in [0.4, 0.5) is 0 Å². The molecular formula is C4H13Cl2NSi2. The Kier molecular flexibility index (Phi) is 3.76. The van der Waals surface area contributed by atoms with E-state index >= 15 is 0 Å². The topological polar surface area (TPSA) is 3.24 Å². The molecule has 5 heteroatoms. The number of rotatable bonds is 2. The minimum atomic E-state index is -1.55. The maximum absolute atomic E-state index is 5.78. The van der Waals surface area contributed by atoms with Crippen LogP contribution >= 0.6 is 22.2 Å². The van der Waals surface area contributed by atoms with Crippen molar-refractivity contribution in [1.29, 1.82) is 0 Å². The van der Waals surface area contributed by atoms with Crippen LogP contribution in [-0.2, 0) is 0 Å². The molecule has 0 saturated carbocycles. The van der Waals surface area contributed by atoms with Crippen molar-refractivity contribution in [2.24, 2.45) is 0 Å². The molecule has 0 N–H and O–H groups in total. The molecule has 0 atom stereocenters. The van der Waals surface area contributed by atoms with Gasteiger partial charge in [0.2, 0.25) is 0 Å². The van der Waals surface area contributed by atoms with E-state index in [2.05, 4.69) is 23.9 Å². The van der Waals surface area contributed by atoms with E-state index in [1.807, 2.05) is 7.05 Å². The minimum Gasteiger partial charge on any atom is -0.327 e. The first-order chi connectivity index (χ1) is 3.85. The third-order valence-electron chi connectivity index (χ3n) is 1.35. The quantitative estimate of drug-likeness (QED) is 0.488. The highest BCUT2D eigenvalue weighted by Gasteiger charge is 2.25. The van der Waals surface area contributed by atoms with E-state index in [1.54, 1.807) is 0 Å². The highest BCUT2D eigenvalue weighted by atomic mass is 35.7. The zero-order valence-electron chi connectivity index (χ0n) is 6.28. The van der Waals surface area contributed by atoms with Gasteiger partial charge in [0.15, 0.2) is 0 Å². The minimum absolute atomic E-state index is 1.19. The molecule has 0 aromatic carbocycles. The van der Waals surface area contributed by atoms with Crippen molar-refractivity contribution >= 4 is 38.0 Å². The Bertz CT molecular complexity index is 91.1. The first kappa shape index (κ1) is 9.97. The Morgan fingerprint density at radius 2 is 1.56 bits per heavy atom. The van der Waals surface area contributed by atoms with Crippen molar-refractivity contribution in [2.45, 2.75) is 19.6 Å². The Morgan fingerprint density at radius 1 is 1.22 bits per heavy atom. The van der Waals surface area contributed by atoms with Crippen molar-refractivity contribution in [1.82, 2.24) is 4.23 Å². The van der Waals surface area contributed by atoms with Gasteiger partial charge in [-0.3, -0.25) is 0 Å². The molecule has 0 bridgehead atoms. The van der Waals surface area contributed by atoms with Gasteiger partial charge < -0.3 is 4.23 Å². The molecule has 0 amide bonds. The summed E-state index contributed by atoms with van der Waals surface area (Å²) in [6, 6.07) is 0. The molecule has 0 rings (SSSR count). The van der Waals surface area contributed by atoms with Gasteiger partial charge in [0.25, 0.3) is 0 Å². The van der Waals surface area contributed by atoms with Crippen molar-refractivity contribution in [3.63, 3.8) is 0 Å². The predicted molar refractivity (Wildman–Crippen MR) is 50.0 cm³/mol. The van der Waals surface area contributed by atoms with Gasteiger partial charge in [0.1, 0.15) is 8.24 Å². The van der Waals surface area contributed by atoms with Crippen molar-refractivity contribution < 1.29 is 0 Å². The highest BCUT2D eigenvalue weighted by Crippen LogP contribution is 2.12. The number of hydrogen-bond acceptors (Lipinski definition) is 1. The van der Waals surface area contributed by atoms with Crippen LogP contribution in [0.3, 0.4) is 0 Å². The van der Waals surface area contributed by atoms with Crippen LogP contribution in [0.15, 0.2) is 0 Å². The van der Waals surface area contributed by atoms with Gasteiger partial charge in [-0.05, 0) is 7.05 Å². The summed E-state index contributed by atoms with van der Waals surface area (Å²) in [5.41, 5.74) is 0. The van der Waals surface area contributed by atoms with Crippen molar-refractivity contribution in [3.8, 4) is 0 Å². The summed E-state index contributed by atoms with van der Waals surface area (Å²) in [6.07, 6.45) is 0. The number of halogens is 2. The van der Waals surface area contributed by atoms with Crippen LogP contribution in [0.1, 0.15) is 0 Å². The van der Waals surface area contributed by atoms with Crippen LogP contribution in [0.2, 0.25) is 19.6 Å². The largest absolute Gasteiger partial charge is 0.327 e. The zero-order valence-corrected chi connectivity index (χ0v) is 9.95. The molecular weight excluding hydrogens is 189 g/mol. The summed E-state index contributed by atoms with van der Waals surface area (Å²) < 4.78 is 2.16. The molecule has 1 nitrogen and oxygen atoms in total. The van der Waals surface area contributed by atoms with Crippen LogP contribution < -0.4 is 0 Å². The Morgan fingerprint density at radius 3 is 1.56 bits per heavy atom. The SMILES string of the molecule is CN([SiH](Cl)Cl)[Si](C)(C)C. The van der Waals surface area contributed by atoms with Crippen LogP contribution in [0.25, 0.3) is 0 Å². The number of hydrogen-bond donors (Lipinski definition) is 0. The normalized spacial score (nSPS) is 13.3. The second kappa shape index (κ2) is 3.39. The lowest BCUT2D eigenvalue weighted by atomic mass is 11.6. The third kappa shape index (κ3) is 3.62. The Labute approximate surface area is 69.1 Å². The van der Waals surface area contributed by atoms with Gasteiger partial charge in [-0.2, -0.15) is 0 Å². The molecule has 0 aromatic rings. The molecule has 0 aromatic heterocycles. The molecule has 0 spiro atoms. The fourth-order valence-corrected chi connectivity index (χ4v) is 7.90. The summed E-state index contributed by atoms with van der Waals surface area (Å²) in [5.74, 6) is 0. The van der Waals surface area contributed by atoms with Crippen LogP contribution in [0.5, 0.6) is 0 Å². The van der Waals surface area contributed by atoms with Gasteiger partial charge in [0.05, 0.1) is 0 Å². The molecule has 56 valence electrons. The monoisotopic (exact) mass is 201 g/mol. The van der Waals surface area contributed by atoms with Gasteiger partial charge in [-0.1, -0.05) is 19.6 Å². The first-order valence-electron chi connectivity index (χ1n) is 2.87. The van der Waals surface area contributed by atoms with E-state index in [9.17, 15) is 0 Å². The van der Waals surface area contributed by atoms with Gasteiger partial charge in [0, 0.05) is 0 Å². The lowest BCUT2D eigenvalue weighted by Gasteiger charge is -2.30. The Hall–Kier alpha value is 0.974.